The summed E-state index contributed by atoms with van der Waals surface area (Å²) in [6.07, 6.45) is 0. The molecular weight excluding hydrogens is 142 g/mol. The molecule has 3 N–H and O–H groups in total. The number of quaternary nitrogens is 1. The van der Waals surface area contributed by atoms with Crippen LogP contribution in [0.3, 0.4) is 0 Å². The summed E-state index contributed by atoms with van der Waals surface area (Å²) in [5.74, 6) is -1.19. The normalized spacial score (nSPS) is 23.9. The van der Waals surface area contributed by atoms with E-state index in [9.17, 15) is 15.3 Å². The van der Waals surface area contributed by atoms with E-state index in [0.29, 0.717) is 0 Å². The zero-order chi connectivity index (χ0) is 7.72. The summed E-state index contributed by atoms with van der Waals surface area (Å²) >= 11 is 0. The van der Waals surface area contributed by atoms with Crippen molar-refractivity contribution in [1.82, 2.24) is 0 Å². The van der Waals surface area contributed by atoms with Gasteiger partial charge in [0.15, 0.2) is 0 Å². The van der Waals surface area contributed by atoms with Gasteiger partial charge in [-0.2, -0.15) is 0 Å². The van der Waals surface area contributed by atoms with Crippen LogP contribution in [0.4, 0.5) is 0 Å². The van der Waals surface area contributed by atoms with Gasteiger partial charge in [0.1, 0.15) is 5.10 Å². The minimum atomic E-state index is -0.877. The van der Waals surface area contributed by atoms with Crippen LogP contribution in [0.1, 0.15) is 0 Å². The number of nitrogens with two attached hydrogens (primary N) is 1. The summed E-state index contributed by atoms with van der Waals surface area (Å²) in [5, 5.41) is 22.3. The molecule has 1 aliphatic heterocycles. The summed E-state index contributed by atoms with van der Waals surface area (Å²) in [6.45, 7) is 0. The molecular formula is C2H3N5O3. The molecule has 0 aliphatic carbocycles. The van der Waals surface area contributed by atoms with Crippen LogP contribution in [0.15, 0.2) is 10.1 Å². The Kier molecular flexibility index (Phi) is 1.32. The molecule has 10 heavy (non-hydrogen) atoms. The number of nitrogens with one attached hydrogen (secondary N) is 1. The maximum absolute atomic E-state index is 10.3. The number of aliphatic imine (C=N–C) groups is 1. The van der Waals surface area contributed by atoms with Crippen molar-refractivity contribution >= 4 is 11.9 Å². The van der Waals surface area contributed by atoms with E-state index in [4.69, 9.17) is 5.73 Å². The van der Waals surface area contributed by atoms with Crippen molar-refractivity contribution in [2.75, 3.05) is 0 Å². The molecule has 1 rings (SSSR count). The smallest absolute Gasteiger partial charge is 0.529 e. The fourth-order valence-corrected chi connectivity index (χ4v) is 0.410. The molecule has 0 amide bonds. The second-order valence-electron chi connectivity index (χ2n) is 1.47. The van der Waals surface area contributed by atoms with Gasteiger partial charge in [0.25, 0.3) is 0 Å². The topological polar surface area (TPSA) is 121 Å². The number of guanidine groups is 2. The second kappa shape index (κ2) is 2.01. The molecule has 0 saturated carbocycles. The monoisotopic (exact) mass is 145 g/mol. The Balaban J connectivity index is 2.85. The Morgan fingerprint density at radius 3 is 2.50 bits per heavy atom. The van der Waals surface area contributed by atoms with Crippen LogP contribution in [0.2, 0.25) is 0 Å². The van der Waals surface area contributed by atoms with Gasteiger partial charge >= 0.3 is 11.9 Å². The highest BCUT2D eigenvalue weighted by Crippen LogP contribution is 1.82. The zero-order valence-electron chi connectivity index (χ0n) is 4.64. The summed E-state index contributed by atoms with van der Waals surface area (Å²) < 4.78 is 0. The van der Waals surface area contributed by atoms with Gasteiger partial charge in [0, 0.05) is 4.99 Å². The highest BCUT2D eigenvalue weighted by Gasteiger charge is 2.28. The lowest BCUT2D eigenvalue weighted by Crippen LogP contribution is -3.06. The largest absolute Gasteiger partial charge is 0.586 e. The summed E-state index contributed by atoms with van der Waals surface area (Å²) in [6, 6.07) is 0. The molecule has 0 bridgehead atoms. The molecule has 0 saturated heterocycles. The molecule has 8 heteroatoms. The van der Waals surface area contributed by atoms with Crippen molar-refractivity contribution in [3.8, 4) is 0 Å². The Morgan fingerprint density at radius 2 is 2.30 bits per heavy atom. The SMILES string of the molecule is NC1=NC([N+](=O)[O-])=N[NH+]1[O-]. The van der Waals surface area contributed by atoms with E-state index in [1.807, 2.05) is 0 Å². The van der Waals surface area contributed by atoms with E-state index in [-0.39, 0.29) is 0 Å². The van der Waals surface area contributed by atoms with Gasteiger partial charge in [-0.25, -0.2) is 0 Å². The molecule has 0 spiro atoms. The van der Waals surface area contributed by atoms with Crippen LogP contribution in [-0.2, 0) is 0 Å². The predicted molar refractivity (Wildman–Crippen MR) is 30.4 cm³/mol. The van der Waals surface area contributed by atoms with Gasteiger partial charge in [0.2, 0.25) is 0 Å². The van der Waals surface area contributed by atoms with E-state index in [1.165, 1.54) is 0 Å². The number of hydrogen-bond donors (Lipinski definition) is 2. The summed E-state index contributed by atoms with van der Waals surface area (Å²) in [5.41, 5.74) is 4.89. The Hall–Kier alpha value is -1.54. The van der Waals surface area contributed by atoms with Gasteiger partial charge in [-0.1, -0.05) is 0 Å². The van der Waals surface area contributed by atoms with E-state index in [2.05, 4.69) is 10.1 Å². The van der Waals surface area contributed by atoms with Crippen LogP contribution in [0, 0.1) is 15.3 Å². The van der Waals surface area contributed by atoms with Gasteiger partial charge in [0.05, 0.1) is 0 Å². The van der Waals surface area contributed by atoms with E-state index in [1.54, 1.807) is 0 Å². The number of nitrogens with zero attached hydrogens (tertiary/aromatic N) is 3. The quantitative estimate of drug-likeness (QED) is 0.218. The van der Waals surface area contributed by atoms with Crippen molar-refractivity contribution < 1.29 is 10.1 Å². The third-order valence-corrected chi connectivity index (χ3v) is 0.804. The third kappa shape index (κ3) is 0.921. The van der Waals surface area contributed by atoms with E-state index in [0.717, 1.165) is 0 Å². The first-order valence-corrected chi connectivity index (χ1v) is 2.23. The predicted octanol–water partition coefficient (Wildman–Crippen LogP) is -2.75. The van der Waals surface area contributed by atoms with Crippen molar-refractivity contribution in [2.24, 2.45) is 15.8 Å². The highest BCUT2D eigenvalue weighted by molar-refractivity contribution is 5.88. The Labute approximate surface area is 54.4 Å². The molecule has 8 nitrogen and oxygen atoms in total. The zero-order valence-corrected chi connectivity index (χ0v) is 4.64. The molecule has 1 atom stereocenters. The Morgan fingerprint density at radius 1 is 1.70 bits per heavy atom. The lowest BCUT2D eigenvalue weighted by molar-refractivity contribution is -0.755. The van der Waals surface area contributed by atoms with Crippen LogP contribution in [-0.4, -0.2) is 16.8 Å². The molecule has 54 valence electrons. The number of hydroxylamine groups is 1. The maximum Gasteiger partial charge on any atom is 0.529 e. The summed E-state index contributed by atoms with van der Waals surface area (Å²) in [7, 11) is 0. The molecule has 1 unspecified atom stereocenters. The van der Waals surface area contributed by atoms with E-state index >= 15 is 0 Å². The third-order valence-electron chi connectivity index (χ3n) is 0.804. The van der Waals surface area contributed by atoms with Crippen LogP contribution < -0.4 is 10.9 Å². The van der Waals surface area contributed by atoms with Crippen molar-refractivity contribution in [3.63, 3.8) is 0 Å². The fourth-order valence-electron chi connectivity index (χ4n) is 0.410. The molecule has 1 aliphatic rings. The van der Waals surface area contributed by atoms with Crippen molar-refractivity contribution in [2.45, 2.75) is 0 Å². The maximum atomic E-state index is 10.3. The summed E-state index contributed by atoms with van der Waals surface area (Å²) in [4.78, 5) is 12.0. The minimum absolute atomic E-state index is 0.438. The average molecular weight is 145 g/mol. The number of rotatable bonds is 0. The molecule has 0 aromatic carbocycles. The molecule has 0 aromatic heterocycles. The Bertz CT molecular complexity index is 231. The molecule has 0 fully saturated rings. The fraction of sp³-hybridized carbons (Fsp3) is 0. The molecule has 0 radical (unpaired) electrons. The van der Waals surface area contributed by atoms with Gasteiger partial charge in [-0.05, 0) is 4.92 Å². The number of nitro groups is 1. The standard InChI is InChI=1S/C2H3N5O3/c3-1-4-2(7(9)10)5-6(1)8/h6H,(H2,3,4,5). The van der Waals surface area contributed by atoms with Crippen LogP contribution >= 0.6 is 0 Å². The highest BCUT2D eigenvalue weighted by atomic mass is 16.6. The van der Waals surface area contributed by atoms with Crippen molar-refractivity contribution in [3.05, 3.63) is 15.3 Å². The lowest BCUT2D eigenvalue weighted by atomic mass is 11.0. The van der Waals surface area contributed by atoms with Crippen LogP contribution in [0.25, 0.3) is 0 Å². The average Bonchev–Trinajstić information content (AvgIpc) is 2.13. The lowest BCUT2D eigenvalue weighted by Gasteiger charge is -1.97. The molecule has 1 heterocycles. The van der Waals surface area contributed by atoms with Crippen LogP contribution in [0.5, 0.6) is 0 Å². The molecule has 0 aromatic rings. The first-order chi connectivity index (χ1) is 4.61. The van der Waals surface area contributed by atoms with Crippen molar-refractivity contribution in [1.29, 1.82) is 0 Å². The van der Waals surface area contributed by atoms with Gasteiger partial charge in [-0.15, -0.1) is 5.17 Å². The first kappa shape index (κ1) is 6.58. The number of hydrogen-bond acceptors (Lipinski definition) is 6. The van der Waals surface area contributed by atoms with E-state index < -0.39 is 22.0 Å². The van der Waals surface area contributed by atoms with Gasteiger partial charge < -0.3 is 21.1 Å². The first-order valence-electron chi connectivity index (χ1n) is 2.23. The van der Waals surface area contributed by atoms with Gasteiger partial charge in [-0.3, -0.25) is 0 Å². The second-order valence-corrected chi connectivity index (χ2v) is 1.47. The minimum Gasteiger partial charge on any atom is -0.586 e.